The number of fused-ring (bicyclic) bond motifs is 1. The Morgan fingerprint density at radius 2 is 1.68 bits per heavy atom. The minimum atomic E-state index is 0.564. The molecule has 0 saturated carbocycles. The van der Waals surface area contributed by atoms with E-state index in [0.29, 0.717) is 6.61 Å². The summed E-state index contributed by atoms with van der Waals surface area (Å²) in [6.07, 6.45) is 5.95. The molecule has 1 aliphatic heterocycles. The number of aromatic nitrogens is 1. The van der Waals surface area contributed by atoms with Crippen molar-refractivity contribution in [3.63, 3.8) is 0 Å². The molecule has 2 aromatic carbocycles. The van der Waals surface area contributed by atoms with Crippen LogP contribution in [-0.2, 0) is 6.54 Å². The highest BCUT2D eigenvalue weighted by Crippen LogP contribution is 2.27. The second-order valence-electron chi connectivity index (χ2n) is 7.11. The molecule has 0 spiro atoms. The fourth-order valence-corrected chi connectivity index (χ4v) is 4.21. The molecule has 0 unspecified atom stereocenters. The van der Waals surface area contributed by atoms with Crippen LogP contribution in [-0.4, -0.2) is 41.3 Å². The minimum Gasteiger partial charge on any atom is -0.493 e. The third kappa shape index (κ3) is 3.85. The maximum atomic E-state index is 5.98. The van der Waals surface area contributed by atoms with E-state index < -0.39 is 0 Å². The van der Waals surface area contributed by atoms with Crippen molar-refractivity contribution in [2.75, 3.05) is 26.8 Å². The third-order valence-corrected chi connectivity index (χ3v) is 5.80. The summed E-state index contributed by atoms with van der Waals surface area (Å²) < 4.78 is 13.6. The molecule has 0 radical (unpaired) electrons. The molecule has 1 fully saturated rings. The SMILES string of the molecule is COc1ccccc1OCCn1cc(C(=S)N2CCCCC2)c2ccccc21. The highest BCUT2D eigenvalue weighted by atomic mass is 32.1. The summed E-state index contributed by atoms with van der Waals surface area (Å²) in [5, 5.41) is 1.22. The normalized spacial score (nSPS) is 14.2. The average Bonchev–Trinajstić information content (AvgIpc) is 3.13. The van der Waals surface area contributed by atoms with Crippen molar-refractivity contribution in [3.05, 3.63) is 60.3 Å². The van der Waals surface area contributed by atoms with Gasteiger partial charge in [0.15, 0.2) is 11.5 Å². The van der Waals surface area contributed by atoms with Crippen LogP contribution in [0.4, 0.5) is 0 Å². The van der Waals surface area contributed by atoms with E-state index in [0.717, 1.165) is 41.7 Å². The smallest absolute Gasteiger partial charge is 0.161 e. The fourth-order valence-electron chi connectivity index (χ4n) is 3.86. The van der Waals surface area contributed by atoms with Crippen LogP contribution in [0.2, 0.25) is 0 Å². The maximum absolute atomic E-state index is 5.98. The second-order valence-corrected chi connectivity index (χ2v) is 7.49. The number of methoxy groups -OCH3 is 1. The first kappa shape index (κ1) is 18.8. The number of piperidine rings is 1. The van der Waals surface area contributed by atoms with Crippen LogP contribution in [0, 0.1) is 0 Å². The van der Waals surface area contributed by atoms with Gasteiger partial charge in [0.05, 0.1) is 13.7 Å². The van der Waals surface area contributed by atoms with Crippen LogP contribution in [0.3, 0.4) is 0 Å². The Hall–Kier alpha value is -2.53. The van der Waals surface area contributed by atoms with E-state index in [1.54, 1.807) is 7.11 Å². The summed E-state index contributed by atoms with van der Waals surface area (Å²) in [7, 11) is 1.66. The third-order valence-electron chi connectivity index (χ3n) is 5.32. The van der Waals surface area contributed by atoms with Crippen molar-refractivity contribution in [1.29, 1.82) is 0 Å². The number of likely N-dealkylation sites (tertiary alicyclic amines) is 1. The van der Waals surface area contributed by atoms with Crippen molar-refractivity contribution >= 4 is 28.1 Å². The van der Waals surface area contributed by atoms with Crippen LogP contribution < -0.4 is 9.47 Å². The van der Waals surface area contributed by atoms with Crippen molar-refractivity contribution < 1.29 is 9.47 Å². The lowest BCUT2D eigenvalue weighted by Gasteiger charge is -2.28. The Bertz CT molecular complexity index is 960. The van der Waals surface area contributed by atoms with E-state index in [2.05, 4.69) is 39.9 Å². The monoisotopic (exact) mass is 394 g/mol. The van der Waals surface area contributed by atoms with Crippen molar-refractivity contribution in [1.82, 2.24) is 9.47 Å². The molecule has 0 bridgehead atoms. The van der Waals surface area contributed by atoms with Crippen LogP contribution >= 0.6 is 12.2 Å². The number of ether oxygens (including phenoxy) is 2. The van der Waals surface area contributed by atoms with Gasteiger partial charge < -0.3 is 18.9 Å². The van der Waals surface area contributed by atoms with E-state index in [4.69, 9.17) is 21.7 Å². The molecule has 3 aromatic rings. The number of hydrogen-bond acceptors (Lipinski definition) is 3. The molecule has 4 nitrogen and oxygen atoms in total. The number of benzene rings is 2. The van der Waals surface area contributed by atoms with E-state index in [9.17, 15) is 0 Å². The van der Waals surface area contributed by atoms with Gasteiger partial charge in [0.1, 0.15) is 11.6 Å². The summed E-state index contributed by atoms with van der Waals surface area (Å²) in [5.74, 6) is 1.53. The topological polar surface area (TPSA) is 26.6 Å². The number of para-hydroxylation sites is 3. The Kier molecular flexibility index (Phi) is 5.81. The van der Waals surface area contributed by atoms with E-state index >= 15 is 0 Å². The Morgan fingerprint density at radius 1 is 0.964 bits per heavy atom. The number of nitrogens with zero attached hydrogens (tertiary/aromatic N) is 2. The largest absolute Gasteiger partial charge is 0.493 e. The zero-order valence-electron chi connectivity index (χ0n) is 16.3. The molecular formula is C23H26N2O2S. The lowest BCUT2D eigenvalue weighted by molar-refractivity contribution is 0.281. The van der Waals surface area contributed by atoms with Gasteiger partial charge in [0, 0.05) is 35.8 Å². The molecule has 5 heteroatoms. The summed E-state index contributed by atoms with van der Waals surface area (Å²) in [5.41, 5.74) is 2.35. The van der Waals surface area contributed by atoms with Gasteiger partial charge in [0.25, 0.3) is 0 Å². The van der Waals surface area contributed by atoms with Crippen LogP contribution in [0.15, 0.2) is 54.7 Å². The molecule has 1 aliphatic rings. The molecule has 0 aliphatic carbocycles. The minimum absolute atomic E-state index is 0.564. The predicted octanol–water partition coefficient (Wildman–Crippen LogP) is 4.89. The molecular weight excluding hydrogens is 368 g/mol. The van der Waals surface area contributed by atoms with Gasteiger partial charge in [-0.3, -0.25) is 0 Å². The number of hydrogen-bond donors (Lipinski definition) is 0. The molecule has 0 atom stereocenters. The van der Waals surface area contributed by atoms with E-state index in [1.165, 1.54) is 30.2 Å². The molecule has 4 rings (SSSR count). The van der Waals surface area contributed by atoms with Crippen LogP contribution in [0.25, 0.3) is 10.9 Å². The Balaban J connectivity index is 1.53. The Morgan fingerprint density at radius 3 is 2.46 bits per heavy atom. The van der Waals surface area contributed by atoms with Gasteiger partial charge in [0.2, 0.25) is 0 Å². The average molecular weight is 395 g/mol. The molecule has 1 saturated heterocycles. The standard InChI is InChI=1S/C23H26N2O2S/c1-26-21-11-5-6-12-22(21)27-16-15-25-17-19(18-9-3-4-10-20(18)25)23(28)24-13-7-2-8-14-24/h3-6,9-12,17H,2,7-8,13-16H2,1H3. The molecule has 0 N–H and O–H groups in total. The van der Waals surface area contributed by atoms with Gasteiger partial charge in [-0.1, -0.05) is 42.5 Å². The van der Waals surface area contributed by atoms with Crippen molar-refractivity contribution in [3.8, 4) is 11.5 Å². The van der Waals surface area contributed by atoms with Gasteiger partial charge in [-0.25, -0.2) is 0 Å². The molecule has 28 heavy (non-hydrogen) atoms. The van der Waals surface area contributed by atoms with Gasteiger partial charge in [-0.05, 0) is 37.5 Å². The van der Waals surface area contributed by atoms with E-state index in [-0.39, 0.29) is 0 Å². The first-order chi connectivity index (χ1) is 13.8. The fraction of sp³-hybridized carbons (Fsp3) is 0.348. The number of rotatable bonds is 6. The zero-order valence-corrected chi connectivity index (χ0v) is 17.1. The van der Waals surface area contributed by atoms with Gasteiger partial charge in [-0.2, -0.15) is 0 Å². The zero-order chi connectivity index (χ0) is 19.3. The molecule has 146 valence electrons. The lowest BCUT2D eigenvalue weighted by Crippen LogP contribution is -2.34. The van der Waals surface area contributed by atoms with Crippen LogP contribution in [0.1, 0.15) is 24.8 Å². The summed E-state index contributed by atoms with van der Waals surface area (Å²) in [6.45, 7) is 3.45. The second kappa shape index (κ2) is 8.65. The quantitative estimate of drug-likeness (QED) is 0.556. The summed E-state index contributed by atoms with van der Waals surface area (Å²) >= 11 is 5.87. The Labute approximate surface area is 171 Å². The first-order valence-corrected chi connectivity index (χ1v) is 10.3. The van der Waals surface area contributed by atoms with Crippen molar-refractivity contribution in [2.24, 2.45) is 0 Å². The predicted molar refractivity (Wildman–Crippen MR) is 118 cm³/mol. The highest BCUT2D eigenvalue weighted by molar-refractivity contribution is 7.80. The molecule has 1 aromatic heterocycles. The highest BCUT2D eigenvalue weighted by Gasteiger charge is 2.19. The maximum Gasteiger partial charge on any atom is 0.161 e. The molecule has 2 heterocycles. The van der Waals surface area contributed by atoms with E-state index in [1.807, 2.05) is 24.3 Å². The number of thiocarbonyl (C=S) groups is 1. The van der Waals surface area contributed by atoms with Gasteiger partial charge in [-0.15, -0.1) is 0 Å². The van der Waals surface area contributed by atoms with Gasteiger partial charge >= 0.3 is 0 Å². The lowest BCUT2D eigenvalue weighted by atomic mass is 10.1. The summed E-state index contributed by atoms with van der Waals surface area (Å²) in [6, 6.07) is 16.2. The summed E-state index contributed by atoms with van der Waals surface area (Å²) in [4.78, 5) is 3.33. The molecule has 0 amide bonds. The van der Waals surface area contributed by atoms with Crippen molar-refractivity contribution in [2.45, 2.75) is 25.8 Å². The van der Waals surface area contributed by atoms with Crippen LogP contribution in [0.5, 0.6) is 11.5 Å². The first-order valence-electron chi connectivity index (χ1n) is 9.91.